The predicted molar refractivity (Wildman–Crippen MR) is 78.8 cm³/mol. The molecule has 0 spiro atoms. The Balaban J connectivity index is 1.90. The van der Waals surface area contributed by atoms with Gasteiger partial charge >= 0.3 is 0 Å². The summed E-state index contributed by atoms with van der Waals surface area (Å²) in [7, 11) is -3.39. The van der Waals surface area contributed by atoms with E-state index >= 15 is 0 Å². The highest BCUT2D eigenvalue weighted by Crippen LogP contribution is 2.17. The Labute approximate surface area is 122 Å². The van der Waals surface area contributed by atoms with E-state index in [9.17, 15) is 8.42 Å². The van der Waals surface area contributed by atoms with Crippen molar-refractivity contribution in [2.24, 2.45) is 0 Å². The summed E-state index contributed by atoms with van der Waals surface area (Å²) < 4.78 is 34.6. The van der Waals surface area contributed by atoms with Gasteiger partial charge in [0.1, 0.15) is 0 Å². The minimum Gasteiger partial charge on any atom is -0.373 e. The molecule has 2 aliphatic heterocycles. The molecule has 3 atom stereocenters. The third kappa shape index (κ3) is 3.92. The Morgan fingerprint density at radius 1 is 1.25 bits per heavy atom. The van der Waals surface area contributed by atoms with Crippen molar-refractivity contribution in [2.75, 3.05) is 32.7 Å². The van der Waals surface area contributed by atoms with Crippen molar-refractivity contribution in [3.63, 3.8) is 0 Å². The molecule has 0 aromatic carbocycles. The first-order valence-electron chi connectivity index (χ1n) is 7.56. The summed E-state index contributed by atoms with van der Waals surface area (Å²) in [4.78, 5) is 2.34. The summed E-state index contributed by atoms with van der Waals surface area (Å²) in [6.07, 6.45) is 2.14. The highest BCUT2D eigenvalue weighted by molar-refractivity contribution is 7.87. The molecule has 2 aliphatic rings. The van der Waals surface area contributed by atoms with Crippen molar-refractivity contribution < 1.29 is 13.2 Å². The molecule has 2 saturated heterocycles. The van der Waals surface area contributed by atoms with Crippen LogP contribution in [-0.4, -0.2) is 68.6 Å². The van der Waals surface area contributed by atoms with E-state index in [0.717, 1.165) is 25.9 Å². The molecule has 0 radical (unpaired) electrons. The second-order valence-electron chi connectivity index (χ2n) is 5.85. The first-order valence-corrected chi connectivity index (χ1v) is 9.00. The Bertz CT molecular complexity index is 405. The molecule has 118 valence electrons. The molecular formula is C13H27N3O3S. The number of rotatable bonds is 5. The Morgan fingerprint density at radius 2 is 1.90 bits per heavy atom. The SMILES string of the molecule is CCN1CCC[C@@H]1CNS(=O)(=O)N1C[C@H](C)O[C@@H](C)C1. The van der Waals surface area contributed by atoms with Gasteiger partial charge in [0.15, 0.2) is 0 Å². The van der Waals surface area contributed by atoms with Gasteiger partial charge < -0.3 is 4.74 Å². The average Bonchev–Trinajstić information content (AvgIpc) is 2.82. The Kier molecular flexibility index (Phi) is 5.42. The van der Waals surface area contributed by atoms with Crippen LogP contribution < -0.4 is 4.72 Å². The molecule has 0 aromatic rings. The summed E-state index contributed by atoms with van der Waals surface area (Å²) in [6.45, 7) is 9.38. The van der Waals surface area contributed by atoms with Crippen LogP contribution in [0.4, 0.5) is 0 Å². The van der Waals surface area contributed by atoms with Gasteiger partial charge in [-0.15, -0.1) is 0 Å². The van der Waals surface area contributed by atoms with Crippen LogP contribution in [0.5, 0.6) is 0 Å². The molecule has 2 rings (SSSR count). The Morgan fingerprint density at radius 3 is 2.50 bits per heavy atom. The van der Waals surface area contributed by atoms with Gasteiger partial charge in [-0.05, 0) is 39.8 Å². The monoisotopic (exact) mass is 305 g/mol. The molecule has 0 amide bonds. The van der Waals surface area contributed by atoms with E-state index in [-0.39, 0.29) is 12.2 Å². The van der Waals surface area contributed by atoms with Gasteiger partial charge in [-0.3, -0.25) is 4.90 Å². The number of hydrogen-bond donors (Lipinski definition) is 1. The lowest BCUT2D eigenvalue weighted by molar-refractivity contribution is -0.0444. The first kappa shape index (κ1) is 16.2. The van der Waals surface area contributed by atoms with E-state index in [1.807, 2.05) is 13.8 Å². The fraction of sp³-hybridized carbons (Fsp3) is 1.00. The largest absolute Gasteiger partial charge is 0.373 e. The van der Waals surface area contributed by atoms with E-state index in [4.69, 9.17) is 4.74 Å². The number of morpholine rings is 1. The highest BCUT2D eigenvalue weighted by Gasteiger charge is 2.32. The van der Waals surface area contributed by atoms with E-state index < -0.39 is 10.2 Å². The van der Waals surface area contributed by atoms with Crippen LogP contribution in [0.25, 0.3) is 0 Å². The molecule has 0 aliphatic carbocycles. The van der Waals surface area contributed by atoms with E-state index in [1.165, 1.54) is 4.31 Å². The smallest absolute Gasteiger partial charge is 0.279 e. The third-order valence-electron chi connectivity index (χ3n) is 4.13. The summed E-state index contributed by atoms with van der Waals surface area (Å²) >= 11 is 0. The lowest BCUT2D eigenvalue weighted by Crippen LogP contribution is -2.53. The van der Waals surface area contributed by atoms with Gasteiger partial charge in [-0.2, -0.15) is 12.7 Å². The molecule has 20 heavy (non-hydrogen) atoms. The molecule has 2 heterocycles. The molecular weight excluding hydrogens is 278 g/mol. The van der Waals surface area contributed by atoms with Gasteiger partial charge in [-0.1, -0.05) is 6.92 Å². The summed E-state index contributed by atoms with van der Waals surface area (Å²) in [5.41, 5.74) is 0. The fourth-order valence-corrected chi connectivity index (χ4v) is 4.56. The van der Waals surface area contributed by atoms with Crippen LogP contribution in [-0.2, 0) is 14.9 Å². The molecule has 0 unspecified atom stereocenters. The molecule has 0 aromatic heterocycles. The fourth-order valence-electron chi connectivity index (χ4n) is 3.16. The average molecular weight is 305 g/mol. The molecule has 0 bridgehead atoms. The van der Waals surface area contributed by atoms with Gasteiger partial charge in [0, 0.05) is 25.7 Å². The second-order valence-corrected chi connectivity index (χ2v) is 7.61. The quantitative estimate of drug-likeness (QED) is 0.799. The van der Waals surface area contributed by atoms with Crippen LogP contribution in [0, 0.1) is 0 Å². The minimum absolute atomic E-state index is 0.0473. The number of hydrogen-bond acceptors (Lipinski definition) is 4. The van der Waals surface area contributed by atoms with E-state index in [1.54, 1.807) is 0 Å². The number of ether oxygens (including phenoxy) is 1. The van der Waals surface area contributed by atoms with E-state index in [0.29, 0.717) is 25.7 Å². The van der Waals surface area contributed by atoms with Crippen LogP contribution in [0.3, 0.4) is 0 Å². The molecule has 2 fully saturated rings. The zero-order chi connectivity index (χ0) is 14.8. The number of likely N-dealkylation sites (tertiary alicyclic amines) is 1. The summed E-state index contributed by atoms with van der Waals surface area (Å²) in [6, 6.07) is 0.339. The van der Waals surface area contributed by atoms with Crippen LogP contribution in [0.2, 0.25) is 0 Å². The van der Waals surface area contributed by atoms with Gasteiger partial charge in [0.25, 0.3) is 10.2 Å². The first-order chi connectivity index (χ1) is 9.42. The molecule has 7 heteroatoms. The highest BCUT2D eigenvalue weighted by atomic mass is 32.2. The molecule has 0 saturated carbocycles. The lowest BCUT2D eigenvalue weighted by atomic mass is 10.2. The maximum Gasteiger partial charge on any atom is 0.279 e. The number of likely N-dealkylation sites (N-methyl/N-ethyl adjacent to an activating group) is 1. The van der Waals surface area contributed by atoms with Crippen molar-refractivity contribution in [1.82, 2.24) is 13.9 Å². The zero-order valence-electron chi connectivity index (χ0n) is 12.7. The summed E-state index contributed by atoms with van der Waals surface area (Å²) in [5.74, 6) is 0. The van der Waals surface area contributed by atoms with Gasteiger partial charge in [0.2, 0.25) is 0 Å². The Hall–Kier alpha value is -0.210. The normalized spacial score (nSPS) is 33.6. The number of nitrogens with one attached hydrogen (secondary N) is 1. The van der Waals surface area contributed by atoms with Crippen molar-refractivity contribution in [3.05, 3.63) is 0 Å². The maximum absolute atomic E-state index is 12.4. The standard InChI is InChI=1S/C13H27N3O3S/c1-4-15-7-5-6-13(15)8-14-20(17,18)16-9-11(2)19-12(3)10-16/h11-14H,4-10H2,1-3H3/t11-,12-,13+/m0/s1. The lowest BCUT2D eigenvalue weighted by Gasteiger charge is -2.34. The topological polar surface area (TPSA) is 61.9 Å². The van der Waals surface area contributed by atoms with Gasteiger partial charge in [0.05, 0.1) is 12.2 Å². The van der Waals surface area contributed by atoms with E-state index in [2.05, 4.69) is 16.5 Å². The number of nitrogens with zero attached hydrogens (tertiary/aromatic N) is 2. The zero-order valence-corrected chi connectivity index (χ0v) is 13.5. The second kappa shape index (κ2) is 6.70. The van der Waals surface area contributed by atoms with Crippen molar-refractivity contribution >= 4 is 10.2 Å². The van der Waals surface area contributed by atoms with Crippen LogP contribution in [0.1, 0.15) is 33.6 Å². The molecule has 6 nitrogen and oxygen atoms in total. The predicted octanol–water partition coefficient (Wildman–Crippen LogP) is 0.414. The van der Waals surface area contributed by atoms with Crippen LogP contribution >= 0.6 is 0 Å². The maximum atomic E-state index is 12.4. The van der Waals surface area contributed by atoms with Crippen molar-refractivity contribution in [3.8, 4) is 0 Å². The summed E-state index contributed by atoms with van der Waals surface area (Å²) in [5, 5.41) is 0. The third-order valence-corrected chi connectivity index (χ3v) is 5.64. The van der Waals surface area contributed by atoms with Crippen molar-refractivity contribution in [1.29, 1.82) is 0 Å². The molecule has 1 N–H and O–H groups in total. The van der Waals surface area contributed by atoms with Crippen molar-refractivity contribution in [2.45, 2.75) is 51.9 Å². The van der Waals surface area contributed by atoms with Crippen LogP contribution in [0.15, 0.2) is 0 Å². The minimum atomic E-state index is -3.39. The van der Waals surface area contributed by atoms with Gasteiger partial charge in [-0.25, -0.2) is 4.72 Å².